The van der Waals surface area contributed by atoms with Gasteiger partial charge in [-0.05, 0) is 23.9 Å². The summed E-state index contributed by atoms with van der Waals surface area (Å²) in [5, 5.41) is 2.08. The predicted molar refractivity (Wildman–Crippen MR) is 39.1 cm³/mol. The standard InChI is InChI=1S/C7H8S/c1-3-7-6(2)4-5-8-7/h3-5H,1H2,2H3. The molecular formula is C7H8S. The average molecular weight is 124 g/mol. The van der Waals surface area contributed by atoms with Crippen LogP contribution in [0.2, 0.25) is 0 Å². The van der Waals surface area contributed by atoms with Gasteiger partial charge >= 0.3 is 0 Å². The van der Waals surface area contributed by atoms with Gasteiger partial charge in [0.1, 0.15) is 0 Å². The number of rotatable bonds is 1. The van der Waals surface area contributed by atoms with Gasteiger partial charge in [0.25, 0.3) is 0 Å². The molecule has 1 rings (SSSR count). The first-order chi connectivity index (χ1) is 3.84. The Balaban J connectivity index is 3.09. The van der Waals surface area contributed by atoms with Crippen molar-refractivity contribution in [2.75, 3.05) is 0 Å². The van der Waals surface area contributed by atoms with Gasteiger partial charge in [0.15, 0.2) is 0 Å². The summed E-state index contributed by atoms with van der Waals surface area (Å²) >= 11 is 1.73. The van der Waals surface area contributed by atoms with E-state index >= 15 is 0 Å². The van der Waals surface area contributed by atoms with E-state index in [1.54, 1.807) is 11.3 Å². The van der Waals surface area contributed by atoms with Gasteiger partial charge in [0.05, 0.1) is 0 Å². The summed E-state index contributed by atoms with van der Waals surface area (Å²) in [4.78, 5) is 1.28. The first kappa shape index (κ1) is 5.57. The van der Waals surface area contributed by atoms with Crippen molar-refractivity contribution in [1.82, 2.24) is 0 Å². The normalized spacial score (nSPS) is 9.12. The smallest absolute Gasteiger partial charge is 0.0293 e. The van der Waals surface area contributed by atoms with Crippen LogP contribution in [-0.4, -0.2) is 0 Å². The van der Waals surface area contributed by atoms with Crippen LogP contribution in [-0.2, 0) is 0 Å². The topological polar surface area (TPSA) is 0 Å². The first-order valence-electron chi connectivity index (χ1n) is 2.51. The van der Waals surface area contributed by atoms with Crippen molar-refractivity contribution in [1.29, 1.82) is 0 Å². The van der Waals surface area contributed by atoms with Crippen molar-refractivity contribution in [3.05, 3.63) is 28.5 Å². The Morgan fingerprint density at radius 1 is 1.75 bits per heavy atom. The molecule has 0 atom stereocenters. The molecule has 0 N–H and O–H groups in total. The summed E-state index contributed by atoms with van der Waals surface area (Å²) in [7, 11) is 0. The van der Waals surface area contributed by atoms with Crippen LogP contribution in [0.1, 0.15) is 10.4 Å². The lowest BCUT2D eigenvalue weighted by atomic mass is 10.3. The molecule has 42 valence electrons. The molecule has 0 unspecified atom stereocenters. The molecule has 1 aromatic heterocycles. The molecular weight excluding hydrogens is 116 g/mol. The van der Waals surface area contributed by atoms with Crippen molar-refractivity contribution in [2.24, 2.45) is 0 Å². The minimum Gasteiger partial charge on any atom is -0.144 e. The zero-order valence-electron chi connectivity index (χ0n) is 4.85. The number of thiophene rings is 1. The molecule has 0 aliphatic carbocycles. The lowest BCUT2D eigenvalue weighted by molar-refractivity contribution is 1.54. The summed E-state index contributed by atoms with van der Waals surface area (Å²) in [6.07, 6.45) is 1.89. The van der Waals surface area contributed by atoms with Crippen molar-refractivity contribution in [3.63, 3.8) is 0 Å². The maximum Gasteiger partial charge on any atom is 0.0293 e. The maximum atomic E-state index is 3.67. The van der Waals surface area contributed by atoms with Crippen molar-refractivity contribution in [2.45, 2.75) is 6.92 Å². The Hall–Kier alpha value is -0.560. The molecule has 0 saturated carbocycles. The van der Waals surface area contributed by atoms with E-state index < -0.39 is 0 Å². The molecule has 0 nitrogen and oxygen atoms in total. The van der Waals surface area contributed by atoms with E-state index in [0.29, 0.717) is 0 Å². The Bertz CT molecular complexity index is 186. The Morgan fingerprint density at radius 3 is 2.75 bits per heavy atom. The van der Waals surface area contributed by atoms with Crippen LogP contribution in [0.5, 0.6) is 0 Å². The van der Waals surface area contributed by atoms with Crippen molar-refractivity contribution < 1.29 is 0 Å². The number of aryl methyl sites for hydroxylation is 1. The van der Waals surface area contributed by atoms with Gasteiger partial charge in [0.2, 0.25) is 0 Å². The summed E-state index contributed by atoms with van der Waals surface area (Å²) < 4.78 is 0. The van der Waals surface area contributed by atoms with Crippen LogP contribution >= 0.6 is 11.3 Å². The quantitative estimate of drug-likeness (QED) is 0.540. The third kappa shape index (κ3) is 0.819. The fraction of sp³-hybridized carbons (Fsp3) is 0.143. The van der Waals surface area contributed by atoms with E-state index in [0.717, 1.165) is 0 Å². The van der Waals surface area contributed by atoms with Crippen LogP contribution in [0.3, 0.4) is 0 Å². The van der Waals surface area contributed by atoms with Crippen LogP contribution in [0.15, 0.2) is 18.0 Å². The van der Waals surface area contributed by atoms with E-state index in [2.05, 4.69) is 24.9 Å². The second-order valence-electron chi connectivity index (χ2n) is 1.67. The van der Waals surface area contributed by atoms with Crippen LogP contribution in [0.4, 0.5) is 0 Å². The number of hydrogen-bond acceptors (Lipinski definition) is 1. The summed E-state index contributed by atoms with van der Waals surface area (Å²) in [6.45, 7) is 5.77. The lowest BCUT2D eigenvalue weighted by Crippen LogP contribution is -1.62. The fourth-order valence-corrected chi connectivity index (χ4v) is 1.36. The predicted octanol–water partition coefficient (Wildman–Crippen LogP) is 2.70. The summed E-state index contributed by atoms with van der Waals surface area (Å²) in [6, 6.07) is 2.10. The van der Waals surface area contributed by atoms with Gasteiger partial charge in [-0.25, -0.2) is 0 Å². The minimum atomic E-state index is 1.28. The number of hydrogen-bond donors (Lipinski definition) is 0. The Kier molecular flexibility index (Phi) is 1.49. The third-order valence-electron chi connectivity index (χ3n) is 1.09. The zero-order chi connectivity index (χ0) is 5.98. The molecule has 0 fully saturated rings. The summed E-state index contributed by atoms with van der Waals surface area (Å²) in [5.41, 5.74) is 1.32. The average Bonchev–Trinajstić information content (AvgIpc) is 2.14. The van der Waals surface area contributed by atoms with Gasteiger partial charge in [-0.2, -0.15) is 0 Å². The van der Waals surface area contributed by atoms with Crippen LogP contribution in [0, 0.1) is 6.92 Å². The Morgan fingerprint density at radius 2 is 2.50 bits per heavy atom. The van der Waals surface area contributed by atoms with E-state index in [4.69, 9.17) is 0 Å². The molecule has 1 aromatic rings. The molecule has 1 heteroatoms. The largest absolute Gasteiger partial charge is 0.144 e. The fourth-order valence-electron chi connectivity index (χ4n) is 0.594. The Labute approximate surface area is 53.5 Å². The van der Waals surface area contributed by atoms with Gasteiger partial charge < -0.3 is 0 Å². The molecule has 0 amide bonds. The highest BCUT2D eigenvalue weighted by Gasteiger charge is 1.89. The van der Waals surface area contributed by atoms with Gasteiger partial charge in [-0.15, -0.1) is 11.3 Å². The monoisotopic (exact) mass is 124 g/mol. The van der Waals surface area contributed by atoms with E-state index in [9.17, 15) is 0 Å². The van der Waals surface area contributed by atoms with Crippen molar-refractivity contribution >= 4 is 17.4 Å². The highest BCUT2D eigenvalue weighted by atomic mass is 32.1. The van der Waals surface area contributed by atoms with Gasteiger partial charge in [0, 0.05) is 4.88 Å². The minimum absolute atomic E-state index is 1.28. The van der Waals surface area contributed by atoms with Gasteiger partial charge in [-0.3, -0.25) is 0 Å². The van der Waals surface area contributed by atoms with E-state index in [1.165, 1.54) is 10.4 Å². The van der Waals surface area contributed by atoms with Crippen LogP contribution in [0.25, 0.3) is 6.08 Å². The highest BCUT2D eigenvalue weighted by Crippen LogP contribution is 2.15. The molecule has 0 bridgehead atoms. The molecule has 8 heavy (non-hydrogen) atoms. The van der Waals surface area contributed by atoms with E-state index in [1.807, 2.05) is 6.08 Å². The molecule has 0 saturated heterocycles. The van der Waals surface area contributed by atoms with Crippen molar-refractivity contribution in [3.8, 4) is 0 Å². The second-order valence-corrected chi connectivity index (χ2v) is 2.62. The van der Waals surface area contributed by atoms with E-state index in [-0.39, 0.29) is 0 Å². The SMILES string of the molecule is C=Cc1sccc1C. The summed E-state index contributed by atoms with van der Waals surface area (Å²) in [5.74, 6) is 0. The highest BCUT2D eigenvalue weighted by molar-refractivity contribution is 7.11. The lowest BCUT2D eigenvalue weighted by Gasteiger charge is -1.82. The molecule has 0 spiro atoms. The molecule has 0 aliphatic rings. The maximum absolute atomic E-state index is 3.67. The first-order valence-corrected chi connectivity index (χ1v) is 3.39. The second kappa shape index (κ2) is 2.14. The van der Waals surface area contributed by atoms with Crippen LogP contribution < -0.4 is 0 Å². The molecule has 0 radical (unpaired) electrons. The zero-order valence-corrected chi connectivity index (χ0v) is 5.66. The third-order valence-corrected chi connectivity index (χ3v) is 2.10. The molecule has 0 aliphatic heterocycles. The molecule has 1 heterocycles. The van der Waals surface area contributed by atoms with Gasteiger partial charge in [-0.1, -0.05) is 12.7 Å². The molecule has 0 aromatic carbocycles.